The Kier molecular flexibility index (Phi) is 7.89. The molecule has 0 spiro atoms. The van der Waals surface area contributed by atoms with Gasteiger partial charge in [-0.2, -0.15) is 0 Å². The predicted molar refractivity (Wildman–Crippen MR) is 163 cm³/mol. The van der Waals surface area contributed by atoms with Crippen LogP contribution in [0.5, 0.6) is 0 Å². The zero-order valence-corrected chi connectivity index (χ0v) is 25.0. The molecule has 2 atom stereocenters. The van der Waals surface area contributed by atoms with E-state index < -0.39 is 5.60 Å². The number of aromatic nitrogens is 3. The molecule has 9 nitrogen and oxygen atoms in total. The van der Waals surface area contributed by atoms with E-state index in [0.29, 0.717) is 59.3 Å². The summed E-state index contributed by atoms with van der Waals surface area (Å²) in [5.74, 6) is -0.167. The van der Waals surface area contributed by atoms with Gasteiger partial charge in [-0.15, -0.1) is 0 Å². The molecule has 11 heteroatoms. The predicted octanol–water partition coefficient (Wildman–Crippen LogP) is 4.52. The van der Waals surface area contributed by atoms with Gasteiger partial charge in [-0.25, -0.2) is 4.98 Å². The summed E-state index contributed by atoms with van der Waals surface area (Å²) in [4.78, 5) is 32.8. The molecule has 1 amide bonds. The average Bonchev–Trinajstić information content (AvgIpc) is 3.32. The number of halogens is 2. The number of ether oxygens (including phenoxy) is 1. The number of benzene rings is 2. The van der Waals surface area contributed by atoms with E-state index >= 15 is 0 Å². The number of likely N-dealkylation sites (tertiary alicyclic amines) is 1. The van der Waals surface area contributed by atoms with E-state index in [2.05, 4.69) is 16.4 Å². The summed E-state index contributed by atoms with van der Waals surface area (Å²) < 4.78 is 9.02. The fraction of sp³-hybridized carbons (Fsp3) is 0.387. The monoisotopic (exact) mass is 609 g/mol. The molecule has 2 aliphatic heterocycles. The molecule has 2 N–H and O–H groups in total. The number of hydrogen-bond donors (Lipinski definition) is 2. The van der Waals surface area contributed by atoms with Crippen molar-refractivity contribution in [3.63, 3.8) is 0 Å². The Bertz CT molecular complexity index is 1700. The molecule has 2 aromatic carbocycles. The Balaban J connectivity index is 1.20. The third-order valence-corrected chi connectivity index (χ3v) is 8.98. The molecule has 2 saturated heterocycles. The summed E-state index contributed by atoms with van der Waals surface area (Å²) >= 11 is 12.9. The maximum absolute atomic E-state index is 13.5. The van der Waals surface area contributed by atoms with Gasteiger partial charge in [0.15, 0.2) is 5.65 Å². The third-order valence-electron chi connectivity index (χ3n) is 8.38. The molecule has 4 aromatic rings. The van der Waals surface area contributed by atoms with Crippen molar-refractivity contribution in [2.45, 2.75) is 51.0 Å². The number of aliphatic hydroxyl groups is 1. The van der Waals surface area contributed by atoms with Gasteiger partial charge in [0.05, 0.1) is 46.9 Å². The number of carbonyl (C=O) groups excluding carboxylic acids is 1. The summed E-state index contributed by atoms with van der Waals surface area (Å²) in [6.45, 7) is 6.27. The van der Waals surface area contributed by atoms with Crippen molar-refractivity contribution in [3.05, 3.63) is 92.1 Å². The van der Waals surface area contributed by atoms with Gasteiger partial charge in [0.25, 0.3) is 11.5 Å². The molecule has 0 saturated carbocycles. The van der Waals surface area contributed by atoms with Crippen LogP contribution >= 0.6 is 23.2 Å². The summed E-state index contributed by atoms with van der Waals surface area (Å²) in [7, 11) is 0. The van der Waals surface area contributed by atoms with E-state index in [1.54, 1.807) is 39.8 Å². The molecule has 0 aliphatic carbocycles. The standard InChI is InChI=1S/C31H33Cl2N5O4/c1-19-13-21(7-8-22(19)26-16-42-20(2)15-34-26)38-27(33)14-24-28(38)35-18-37(30(24)40)17-31(41)9-11-36(12-10-31)29(39)23-5-3-4-6-25(23)32/h3-8,13-14,18,20,26,34,41H,9-12,15-17H2,1-2H3/t20-,26-/m1/s1. The maximum atomic E-state index is 13.5. The lowest BCUT2D eigenvalue weighted by molar-refractivity contribution is -0.0299. The first kappa shape index (κ1) is 28.9. The van der Waals surface area contributed by atoms with Gasteiger partial charge in [0, 0.05) is 25.3 Å². The molecule has 6 rings (SSSR count). The van der Waals surface area contributed by atoms with Crippen LogP contribution < -0.4 is 10.9 Å². The second kappa shape index (κ2) is 11.5. The first-order valence-electron chi connectivity index (χ1n) is 14.1. The minimum atomic E-state index is -1.16. The minimum absolute atomic E-state index is 0.0641. The van der Waals surface area contributed by atoms with Gasteiger partial charge < -0.3 is 20.1 Å². The number of rotatable bonds is 5. The van der Waals surface area contributed by atoms with Crippen molar-refractivity contribution in [2.75, 3.05) is 26.2 Å². The Morgan fingerprint density at radius 2 is 1.93 bits per heavy atom. The molecule has 220 valence electrons. The highest BCUT2D eigenvalue weighted by atomic mass is 35.5. The number of piperidine rings is 1. The summed E-state index contributed by atoms with van der Waals surface area (Å²) in [5, 5.41) is 16.0. The van der Waals surface area contributed by atoms with Crippen LogP contribution in [0.1, 0.15) is 47.3 Å². The Hall–Kier alpha value is -3.21. The lowest BCUT2D eigenvalue weighted by atomic mass is 9.91. The fourth-order valence-corrected chi connectivity index (χ4v) is 6.43. The quantitative estimate of drug-likeness (QED) is 0.345. The number of nitrogens with one attached hydrogen (secondary N) is 1. The fourth-order valence-electron chi connectivity index (χ4n) is 5.93. The number of fused-ring (bicyclic) bond motifs is 1. The van der Waals surface area contributed by atoms with Gasteiger partial charge in [0.2, 0.25) is 0 Å². The molecule has 4 heterocycles. The summed E-state index contributed by atoms with van der Waals surface area (Å²) in [6.07, 6.45) is 2.29. The first-order valence-corrected chi connectivity index (χ1v) is 14.9. The third kappa shape index (κ3) is 5.47. The Morgan fingerprint density at radius 1 is 1.17 bits per heavy atom. The minimum Gasteiger partial charge on any atom is -0.388 e. The van der Waals surface area contributed by atoms with Crippen molar-refractivity contribution in [1.82, 2.24) is 24.3 Å². The van der Waals surface area contributed by atoms with E-state index in [1.807, 2.05) is 26.0 Å². The molecule has 2 fully saturated rings. The Morgan fingerprint density at radius 3 is 2.62 bits per heavy atom. The number of morpholine rings is 1. The maximum Gasteiger partial charge on any atom is 0.262 e. The molecular weight excluding hydrogens is 577 g/mol. The van der Waals surface area contributed by atoms with Crippen molar-refractivity contribution >= 4 is 40.1 Å². The van der Waals surface area contributed by atoms with Gasteiger partial charge >= 0.3 is 0 Å². The van der Waals surface area contributed by atoms with Gasteiger partial charge in [-0.3, -0.25) is 18.7 Å². The highest BCUT2D eigenvalue weighted by molar-refractivity contribution is 6.33. The van der Waals surface area contributed by atoms with Crippen LogP contribution in [0.4, 0.5) is 0 Å². The van der Waals surface area contributed by atoms with Crippen LogP contribution in [0.25, 0.3) is 16.7 Å². The molecule has 2 aromatic heterocycles. The lowest BCUT2D eigenvalue weighted by Gasteiger charge is -2.38. The van der Waals surface area contributed by atoms with Crippen LogP contribution in [-0.2, 0) is 11.3 Å². The molecule has 0 radical (unpaired) electrons. The van der Waals surface area contributed by atoms with E-state index in [9.17, 15) is 14.7 Å². The highest BCUT2D eigenvalue weighted by Gasteiger charge is 2.35. The summed E-state index contributed by atoms with van der Waals surface area (Å²) in [6, 6.07) is 14.7. The van der Waals surface area contributed by atoms with Crippen molar-refractivity contribution < 1.29 is 14.6 Å². The van der Waals surface area contributed by atoms with Crippen LogP contribution in [0, 0.1) is 6.92 Å². The number of aryl methyl sites for hydroxylation is 1. The Labute approximate surface area is 253 Å². The highest BCUT2D eigenvalue weighted by Crippen LogP contribution is 2.30. The zero-order valence-electron chi connectivity index (χ0n) is 23.5. The number of hydrogen-bond acceptors (Lipinski definition) is 6. The largest absolute Gasteiger partial charge is 0.388 e. The summed E-state index contributed by atoms with van der Waals surface area (Å²) in [5.41, 5.74) is 2.49. The van der Waals surface area contributed by atoms with Crippen LogP contribution in [0.2, 0.25) is 10.2 Å². The van der Waals surface area contributed by atoms with Gasteiger partial charge in [-0.05, 0) is 68.1 Å². The van der Waals surface area contributed by atoms with E-state index in [0.717, 1.165) is 23.4 Å². The molecule has 0 unspecified atom stereocenters. The molecular formula is C31H33Cl2N5O4. The van der Waals surface area contributed by atoms with Gasteiger partial charge in [-0.1, -0.05) is 41.4 Å². The van der Waals surface area contributed by atoms with E-state index in [-0.39, 0.29) is 30.2 Å². The number of carbonyl (C=O) groups is 1. The van der Waals surface area contributed by atoms with Crippen LogP contribution in [0.15, 0.2) is 59.7 Å². The van der Waals surface area contributed by atoms with Crippen molar-refractivity contribution in [3.8, 4) is 5.69 Å². The van der Waals surface area contributed by atoms with Crippen LogP contribution in [-0.4, -0.2) is 68.0 Å². The molecule has 2 aliphatic rings. The average molecular weight is 611 g/mol. The number of amides is 1. The number of nitrogens with zero attached hydrogens (tertiary/aromatic N) is 4. The topological polar surface area (TPSA) is 102 Å². The van der Waals surface area contributed by atoms with E-state index in [4.69, 9.17) is 27.9 Å². The van der Waals surface area contributed by atoms with Crippen molar-refractivity contribution in [1.29, 1.82) is 0 Å². The van der Waals surface area contributed by atoms with Crippen molar-refractivity contribution in [2.24, 2.45) is 0 Å². The van der Waals surface area contributed by atoms with Gasteiger partial charge in [0.1, 0.15) is 11.5 Å². The second-order valence-electron chi connectivity index (χ2n) is 11.4. The second-order valence-corrected chi connectivity index (χ2v) is 12.2. The van der Waals surface area contributed by atoms with E-state index in [1.165, 1.54) is 10.9 Å². The smallest absolute Gasteiger partial charge is 0.262 e. The molecule has 42 heavy (non-hydrogen) atoms. The molecule has 0 bridgehead atoms. The lowest BCUT2D eigenvalue weighted by Crippen LogP contribution is -2.49. The first-order chi connectivity index (χ1) is 20.1. The SMILES string of the molecule is Cc1cc(-n2c(Cl)cc3c(=O)n(CC4(O)CCN(C(=O)c5ccccc5Cl)CC4)cnc32)ccc1[C@H]1CO[C@H](C)CN1. The normalized spacial score (nSPS) is 20.6. The zero-order chi connectivity index (χ0) is 29.6. The van der Waals surface area contributed by atoms with Crippen LogP contribution in [0.3, 0.4) is 0 Å².